The lowest BCUT2D eigenvalue weighted by molar-refractivity contribution is 0.774. The first-order chi connectivity index (χ1) is 5.79. The molecule has 0 aliphatic heterocycles. The first-order valence-electron chi connectivity index (χ1n) is 3.68. The van der Waals surface area contributed by atoms with Crippen molar-refractivity contribution in [3.8, 4) is 0 Å². The second-order valence-electron chi connectivity index (χ2n) is 2.29. The second-order valence-corrected chi connectivity index (χ2v) is 2.29. The summed E-state index contributed by atoms with van der Waals surface area (Å²) in [5.41, 5.74) is -0.206. The number of H-pyrrole nitrogens is 1. The van der Waals surface area contributed by atoms with Crippen molar-refractivity contribution in [1.29, 1.82) is 0 Å². The SMILES string of the molecule is C=CCn1c(/C=C/C)n[nH]c1=O. The van der Waals surface area contributed by atoms with Gasteiger partial charge in [0.2, 0.25) is 0 Å². The van der Waals surface area contributed by atoms with Crippen LogP contribution in [0, 0.1) is 0 Å². The Morgan fingerprint density at radius 3 is 3.08 bits per heavy atom. The summed E-state index contributed by atoms with van der Waals surface area (Å²) in [6, 6.07) is 0. The summed E-state index contributed by atoms with van der Waals surface area (Å²) in [6.07, 6.45) is 5.25. The van der Waals surface area contributed by atoms with Gasteiger partial charge in [-0.2, -0.15) is 5.10 Å². The van der Waals surface area contributed by atoms with Crippen LogP contribution in [-0.4, -0.2) is 14.8 Å². The van der Waals surface area contributed by atoms with Crippen molar-refractivity contribution in [3.63, 3.8) is 0 Å². The van der Waals surface area contributed by atoms with E-state index in [9.17, 15) is 4.79 Å². The quantitative estimate of drug-likeness (QED) is 0.673. The lowest BCUT2D eigenvalue weighted by Gasteiger charge is -1.95. The summed E-state index contributed by atoms with van der Waals surface area (Å²) >= 11 is 0. The molecule has 0 saturated heterocycles. The average Bonchev–Trinajstić information content (AvgIpc) is 2.37. The van der Waals surface area contributed by atoms with E-state index in [0.29, 0.717) is 12.4 Å². The minimum atomic E-state index is -0.206. The zero-order chi connectivity index (χ0) is 8.97. The predicted molar refractivity (Wildman–Crippen MR) is 47.8 cm³/mol. The Morgan fingerprint density at radius 2 is 2.50 bits per heavy atom. The van der Waals surface area contributed by atoms with Crippen LogP contribution in [-0.2, 0) is 6.54 Å². The Kier molecular flexibility index (Phi) is 2.63. The summed E-state index contributed by atoms with van der Waals surface area (Å²) in [5, 5.41) is 6.18. The summed E-state index contributed by atoms with van der Waals surface area (Å²) < 4.78 is 1.51. The summed E-state index contributed by atoms with van der Waals surface area (Å²) in [4.78, 5) is 11.1. The molecule has 0 aliphatic rings. The highest BCUT2D eigenvalue weighted by Crippen LogP contribution is 1.93. The van der Waals surface area contributed by atoms with Gasteiger partial charge in [-0.3, -0.25) is 4.57 Å². The molecule has 0 fully saturated rings. The third kappa shape index (κ3) is 1.53. The number of aromatic amines is 1. The third-order valence-electron chi connectivity index (χ3n) is 1.42. The van der Waals surface area contributed by atoms with Crippen LogP contribution >= 0.6 is 0 Å². The Balaban J connectivity index is 3.11. The first kappa shape index (κ1) is 8.52. The van der Waals surface area contributed by atoms with E-state index in [1.165, 1.54) is 4.57 Å². The molecule has 1 N–H and O–H groups in total. The van der Waals surface area contributed by atoms with Crippen molar-refractivity contribution < 1.29 is 0 Å². The fourth-order valence-electron chi connectivity index (χ4n) is 0.912. The van der Waals surface area contributed by atoms with Gasteiger partial charge in [0.05, 0.1) is 0 Å². The Hall–Kier alpha value is -1.58. The number of aromatic nitrogens is 3. The van der Waals surface area contributed by atoms with Crippen molar-refractivity contribution >= 4 is 6.08 Å². The van der Waals surface area contributed by atoms with E-state index < -0.39 is 0 Å². The molecule has 0 aliphatic carbocycles. The Labute approximate surface area is 70.2 Å². The molecule has 4 heteroatoms. The van der Waals surface area contributed by atoms with Gasteiger partial charge < -0.3 is 0 Å². The van der Waals surface area contributed by atoms with E-state index >= 15 is 0 Å². The van der Waals surface area contributed by atoms with E-state index in [2.05, 4.69) is 16.8 Å². The number of allylic oxidation sites excluding steroid dienone is 2. The third-order valence-corrected chi connectivity index (χ3v) is 1.42. The van der Waals surface area contributed by atoms with E-state index in [4.69, 9.17) is 0 Å². The Bertz CT molecular complexity index is 345. The van der Waals surface area contributed by atoms with Gasteiger partial charge in [0.1, 0.15) is 0 Å². The van der Waals surface area contributed by atoms with E-state index in [0.717, 1.165) is 0 Å². The zero-order valence-corrected chi connectivity index (χ0v) is 6.95. The van der Waals surface area contributed by atoms with Crippen LogP contribution in [0.15, 0.2) is 23.5 Å². The van der Waals surface area contributed by atoms with Gasteiger partial charge in [0.25, 0.3) is 0 Å². The van der Waals surface area contributed by atoms with Crippen LogP contribution in [0.25, 0.3) is 6.08 Å². The maximum atomic E-state index is 11.1. The van der Waals surface area contributed by atoms with Gasteiger partial charge in [-0.05, 0) is 13.0 Å². The smallest absolute Gasteiger partial charge is 0.272 e. The van der Waals surface area contributed by atoms with E-state index in [1.807, 2.05) is 13.0 Å². The van der Waals surface area contributed by atoms with Crippen molar-refractivity contribution in [3.05, 3.63) is 35.0 Å². The highest BCUT2D eigenvalue weighted by Gasteiger charge is 2.01. The minimum Gasteiger partial charge on any atom is -0.272 e. The largest absolute Gasteiger partial charge is 0.343 e. The summed E-state index contributed by atoms with van der Waals surface area (Å²) in [6.45, 7) is 5.91. The average molecular weight is 165 g/mol. The maximum absolute atomic E-state index is 11.1. The molecule has 0 unspecified atom stereocenters. The van der Waals surface area contributed by atoms with Crippen molar-refractivity contribution in [1.82, 2.24) is 14.8 Å². The van der Waals surface area contributed by atoms with Crippen LogP contribution in [0.3, 0.4) is 0 Å². The summed E-state index contributed by atoms with van der Waals surface area (Å²) in [7, 11) is 0. The van der Waals surface area contributed by atoms with Gasteiger partial charge in [-0.15, -0.1) is 6.58 Å². The normalized spacial score (nSPS) is 10.8. The highest BCUT2D eigenvalue weighted by molar-refractivity contribution is 5.38. The molecular weight excluding hydrogens is 154 g/mol. The number of rotatable bonds is 3. The molecule has 4 nitrogen and oxygen atoms in total. The van der Waals surface area contributed by atoms with Crippen molar-refractivity contribution in [2.24, 2.45) is 0 Å². The molecule has 1 heterocycles. The number of hydrogen-bond donors (Lipinski definition) is 1. The lowest BCUT2D eigenvalue weighted by atomic mass is 10.5. The molecule has 0 atom stereocenters. The molecule has 1 rings (SSSR count). The second kappa shape index (κ2) is 3.71. The number of hydrogen-bond acceptors (Lipinski definition) is 2. The van der Waals surface area contributed by atoms with E-state index in [-0.39, 0.29) is 5.69 Å². The molecule has 0 amide bonds. The molecule has 0 spiro atoms. The first-order valence-corrected chi connectivity index (χ1v) is 3.68. The predicted octanol–water partition coefficient (Wildman–Crippen LogP) is 0.790. The molecule has 0 saturated carbocycles. The maximum Gasteiger partial charge on any atom is 0.343 e. The highest BCUT2D eigenvalue weighted by atomic mass is 16.1. The molecule has 12 heavy (non-hydrogen) atoms. The number of nitrogens with zero attached hydrogens (tertiary/aromatic N) is 2. The molecule has 0 bridgehead atoms. The van der Waals surface area contributed by atoms with E-state index in [1.54, 1.807) is 12.2 Å². The Morgan fingerprint density at radius 1 is 1.75 bits per heavy atom. The van der Waals surface area contributed by atoms with Crippen LogP contribution in [0.4, 0.5) is 0 Å². The van der Waals surface area contributed by atoms with Gasteiger partial charge in [-0.1, -0.05) is 12.2 Å². The minimum absolute atomic E-state index is 0.206. The molecule has 64 valence electrons. The fourth-order valence-corrected chi connectivity index (χ4v) is 0.912. The van der Waals surface area contributed by atoms with Crippen molar-refractivity contribution in [2.45, 2.75) is 13.5 Å². The van der Waals surface area contributed by atoms with Crippen molar-refractivity contribution in [2.75, 3.05) is 0 Å². The molecule has 1 aromatic rings. The molecule has 0 aromatic carbocycles. The molecule has 0 radical (unpaired) electrons. The molecule has 1 aromatic heterocycles. The van der Waals surface area contributed by atoms with Crippen LogP contribution in [0.2, 0.25) is 0 Å². The topological polar surface area (TPSA) is 50.7 Å². The lowest BCUT2D eigenvalue weighted by Crippen LogP contribution is -2.16. The molecular formula is C8H11N3O. The van der Waals surface area contributed by atoms with Gasteiger partial charge in [0, 0.05) is 6.54 Å². The monoisotopic (exact) mass is 165 g/mol. The summed E-state index contributed by atoms with van der Waals surface area (Å²) in [5.74, 6) is 0.627. The van der Waals surface area contributed by atoms with Crippen LogP contribution in [0.5, 0.6) is 0 Å². The van der Waals surface area contributed by atoms with Gasteiger partial charge >= 0.3 is 5.69 Å². The fraction of sp³-hybridized carbons (Fsp3) is 0.250. The van der Waals surface area contributed by atoms with Gasteiger partial charge in [-0.25, -0.2) is 9.89 Å². The van der Waals surface area contributed by atoms with Crippen LogP contribution in [0.1, 0.15) is 12.7 Å². The van der Waals surface area contributed by atoms with Crippen LogP contribution < -0.4 is 5.69 Å². The van der Waals surface area contributed by atoms with Gasteiger partial charge in [0.15, 0.2) is 5.82 Å². The standard InChI is InChI=1S/C8H11N3O/c1-3-5-7-9-10-8(12)11(7)6-4-2/h3-5H,2,6H2,1H3,(H,10,12)/b5-3+. The zero-order valence-electron chi connectivity index (χ0n) is 6.95. The number of nitrogens with one attached hydrogen (secondary N) is 1.